The second-order valence-corrected chi connectivity index (χ2v) is 5.19. The van der Waals surface area contributed by atoms with Crippen molar-refractivity contribution in [2.75, 3.05) is 0 Å². The normalized spacial score (nSPS) is 19.6. The molecule has 4 heteroatoms. The number of nitrogens with zero attached hydrogens (tertiary/aromatic N) is 1. The van der Waals surface area contributed by atoms with Crippen molar-refractivity contribution in [3.05, 3.63) is 27.8 Å². The molecule has 1 fully saturated rings. The average molecular weight is 250 g/mol. The third kappa shape index (κ3) is 1.50. The Hall–Kier alpha value is -1.31. The van der Waals surface area contributed by atoms with Crippen LogP contribution >= 0.6 is 11.6 Å². The van der Waals surface area contributed by atoms with E-state index in [1.807, 2.05) is 6.07 Å². The van der Waals surface area contributed by atoms with Crippen LogP contribution in [0.5, 0.6) is 5.75 Å². The van der Waals surface area contributed by atoms with Crippen LogP contribution in [0.2, 0.25) is 5.02 Å². The SMILES string of the molecule is O=C=NC1(c2cc3c(c(Cl)c2O)CCC3)CC1. The maximum atomic E-state index is 10.5. The summed E-state index contributed by atoms with van der Waals surface area (Å²) < 4.78 is 0. The number of fused-ring (bicyclic) bond motifs is 1. The summed E-state index contributed by atoms with van der Waals surface area (Å²) in [7, 11) is 0. The van der Waals surface area contributed by atoms with Crippen LogP contribution in [0.25, 0.3) is 0 Å². The average Bonchev–Trinajstić information content (AvgIpc) is 2.92. The lowest BCUT2D eigenvalue weighted by atomic mass is 9.98. The van der Waals surface area contributed by atoms with E-state index in [1.165, 1.54) is 5.56 Å². The van der Waals surface area contributed by atoms with Gasteiger partial charge in [-0.25, -0.2) is 4.79 Å². The quantitative estimate of drug-likeness (QED) is 0.647. The van der Waals surface area contributed by atoms with Crippen molar-refractivity contribution in [1.82, 2.24) is 0 Å². The molecule has 3 rings (SSSR count). The highest BCUT2D eigenvalue weighted by molar-refractivity contribution is 6.33. The number of phenolic OH excluding ortho intramolecular Hbond substituents is 1. The van der Waals surface area contributed by atoms with E-state index in [9.17, 15) is 9.90 Å². The fourth-order valence-electron chi connectivity index (χ4n) is 2.68. The van der Waals surface area contributed by atoms with Gasteiger partial charge in [-0.05, 0) is 49.3 Å². The molecule has 0 amide bonds. The first kappa shape index (κ1) is 10.8. The third-order valence-corrected chi connectivity index (χ3v) is 4.20. The zero-order chi connectivity index (χ0) is 12.0. The van der Waals surface area contributed by atoms with Crippen molar-refractivity contribution in [3.8, 4) is 5.75 Å². The predicted molar refractivity (Wildman–Crippen MR) is 64.2 cm³/mol. The number of halogens is 1. The summed E-state index contributed by atoms with van der Waals surface area (Å²) in [6.45, 7) is 0. The molecule has 1 aromatic rings. The Labute approximate surface area is 104 Å². The van der Waals surface area contributed by atoms with Gasteiger partial charge in [0, 0.05) is 5.56 Å². The molecule has 1 N–H and O–H groups in total. The number of aromatic hydroxyl groups is 1. The number of benzene rings is 1. The van der Waals surface area contributed by atoms with E-state index >= 15 is 0 Å². The molecular weight excluding hydrogens is 238 g/mol. The predicted octanol–water partition coefficient (Wildman–Crippen LogP) is 2.86. The Morgan fingerprint density at radius 3 is 2.82 bits per heavy atom. The molecular formula is C13H12ClNO2. The van der Waals surface area contributed by atoms with Crippen LogP contribution in [0.3, 0.4) is 0 Å². The number of hydrogen-bond acceptors (Lipinski definition) is 3. The smallest absolute Gasteiger partial charge is 0.235 e. The van der Waals surface area contributed by atoms with Gasteiger partial charge in [0.05, 0.1) is 5.02 Å². The Bertz CT molecular complexity index is 543. The van der Waals surface area contributed by atoms with Gasteiger partial charge in [-0.1, -0.05) is 11.6 Å². The van der Waals surface area contributed by atoms with Gasteiger partial charge in [-0.15, -0.1) is 0 Å². The fourth-order valence-corrected chi connectivity index (χ4v) is 3.00. The second kappa shape index (κ2) is 3.59. The first-order valence-electron chi connectivity index (χ1n) is 5.81. The molecule has 1 aromatic carbocycles. The molecule has 2 aliphatic carbocycles. The minimum atomic E-state index is -0.549. The Kier molecular flexibility index (Phi) is 2.29. The highest BCUT2D eigenvalue weighted by atomic mass is 35.5. The van der Waals surface area contributed by atoms with Crippen LogP contribution in [0.4, 0.5) is 0 Å². The van der Waals surface area contributed by atoms with Gasteiger partial charge in [0.1, 0.15) is 11.3 Å². The zero-order valence-electron chi connectivity index (χ0n) is 9.29. The number of carbonyl (C=O) groups excluding carboxylic acids is 1. The lowest BCUT2D eigenvalue weighted by Crippen LogP contribution is -2.04. The number of hydrogen-bond donors (Lipinski definition) is 1. The van der Waals surface area contributed by atoms with Crippen LogP contribution in [0.15, 0.2) is 11.1 Å². The van der Waals surface area contributed by atoms with Crippen LogP contribution in [-0.2, 0) is 23.2 Å². The summed E-state index contributed by atoms with van der Waals surface area (Å²) in [6.07, 6.45) is 6.15. The number of rotatable bonds is 2. The number of phenols is 1. The van der Waals surface area contributed by atoms with Crippen molar-refractivity contribution in [2.45, 2.75) is 37.6 Å². The van der Waals surface area contributed by atoms with Crippen LogP contribution in [0.1, 0.15) is 36.0 Å². The molecule has 0 aliphatic heterocycles. The van der Waals surface area contributed by atoms with Gasteiger partial charge in [-0.2, -0.15) is 4.99 Å². The standard InChI is InChI=1S/C13H12ClNO2/c14-11-9-3-1-2-8(9)6-10(12(11)17)13(4-5-13)15-7-16/h6,17H,1-5H2. The van der Waals surface area contributed by atoms with Crippen molar-refractivity contribution in [1.29, 1.82) is 0 Å². The lowest BCUT2D eigenvalue weighted by molar-refractivity contribution is 0.459. The highest BCUT2D eigenvalue weighted by Gasteiger charge is 2.47. The molecule has 0 aromatic heterocycles. The van der Waals surface area contributed by atoms with Gasteiger partial charge in [0.25, 0.3) is 0 Å². The van der Waals surface area contributed by atoms with E-state index in [-0.39, 0.29) is 5.75 Å². The molecule has 0 heterocycles. The van der Waals surface area contributed by atoms with E-state index in [1.54, 1.807) is 6.08 Å². The Morgan fingerprint density at radius 2 is 2.18 bits per heavy atom. The molecule has 0 bridgehead atoms. The minimum absolute atomic E-state index is 0.101. The topological polar surface area (TPSA) is 49.7 Å². The fraction of sp³-hybridized carbons (Fsp3) is 0.462. The molecule has 0 radical (unpaired) electrons. The monoisotopic (exact) mass is 249 g/mol. The van der Waals surface area contributed by atoms with E-state index < -0.39 is 5.54 Å². The van der Waals surface area contributed by atoms with Gasteiger partial charge in [-0.3, -0.25) is 0 Å². The molecule has 17 heavy (non-hydrogen) atoms. The van der Waals surface area contributed by atoms with E-state index in [4.69, 9.17) is 11.6 Å². The van der Waals surface area contributed by atoms with Gasteiger partial charge in [0.15, 0.2) is 0 Å². The summed E-state index contributed by atoms with van der Waals surface area (Å²) in [5.41, 5.74) is 2.40. The zero-order valence-corrected chi connectivity index (χ0v) is 10.0. The summed E-state index contributed by atoms with van der Waals surface area (Å²) in [4.78, 5) is 14.3. The number of isocyanates is 1. The molecule has 2 aliphatic rings. The molecule has 3 nitrogen and oxygen atoms in total. The maximum Gasteiger partial charge on any atom is 0.235 e. The van der Waals surface area contributed by atoms with Gasteiger partial charge < -0.3 is 5.11 Å². The van der Waals surface area contributed by atoms with Crippen LogP contribution in [-0.4, -0.2) is 11.2 Å². The summed E-state index contributed by atoms with van der Waals surface area (Å²) >= 11 is 6.19. The van der Waals surface area contributed by atoms with Crippen molar-refractivity contribution < 1.29 is 9.90 Å². The third-order valence-electron chi connectivity index (χ3n) is 3.79. The van der Waals surface area contributed by atoms with Gasteiger partial charge >= 0.3 is 0 Å². The first-order valence-corrected chi connectivity index (χ1v) is 6.18. The Balaban J connectivity index is 2.19. The highest BCUT2D eigenvalue weighted by Crippen LogP contribution is 2.54. The van der Waals surface area contributed by atoms with Crippen molar-refractivity contribution in [2.24, 2.45) is 4.99 Å². The number of aryl methyl sites for hydroxylation is 1. The van der Waals surface area contributed by atoms with Gasteiger partial charge in [0.2, 0.25) is 6.08 Å². The molecule has 0 spiro atoms. The maximum absolute atomic E-state index is 10.5. The summed E-state index contributed by atoms with van der Waals surface area (Å²) in [5, 5.41) is 10.6. The van der Waals surface area contributed by atoms with E-state index in [0.717, 1.165) is 37.7 Å². The van der Waals surface area contributed by atoms with E-state index in [0.29, 0.717) is 10.6 Å². The van der Waals surface area contributed by atoms with Crippen molar-refractivity contribution >= 4 is 17.7 Å². The van der Waals surface area contributed by atoms with E-state index in [2.05, 4.69) is 4.99 Å². The first-order chi connectivity index (χ1) is 8.18. The molecule has 1 saturated carbocycles. The largest absolute Gasteiger partial charge is 0.506 e. The molecule has 0 atom stereocenters. The van der Waals surface area contributed by atoms with Crippen molar-refractivity contribution in [3.63, 3.8) is 0 Å². The Morgan fingerprint density at radius 1 is 1.41 bits per heavy atom. The molecule has 0 saturated heterocycles. The summed E-state index contributed by atoms with van der Waals surface area (Å²) in [5.74, 6) is 0.101. The number of aliphatic imine (C=N–C) groups is 1. The molecule has 88 valence electrons. The summed E-state index contributed by atoms with van der Waals surface area (Å²) in [6, 6.07) is 1.97. The molecule has 0 unspecified atom stereocenters. The van der Waals surface area contributed by atoms with Crippen LogP contribution in [0, 0.1) is 0 Å². The second-order valence-electron chi connectivity index (χ2n) is 4.81. The van der Waals surface area contributed by atoms with Crippen LogP contribution < -0.4 is 0 Å². The minimum Gasteiger partial charge on any atom is -0.506 e. The lowest BCUT2D eigenvalue weighted by Gasteiger charge is -2.15.